The Morgan fingerprint density at radius 3 is 2.14 bits per heavy atom. The summed E-state index contributed by atoms with van der Waals surface area (Å²) in [5, 5.41) is 3.53. The Bertz CT molecular complexity index is 573. The van der Waals surface area contributed by atoms with Crippen molar-refractivity contribution in [1.29, 1.82) is 0 Å². The molecule has 0 fully saturated rings. The van der Waals surface area contributed by atoms with Crippen LogP contribution >= 0.6 is 0 Å². The molecule has 3 heteroatoms. The fourth-order valence-electron chi connectivity index (χ4n) is 2.48. The quantitative estimate of drug-likeness (QED) is 0.877. The number of aryl methyl sites for hydroxylation is 1. The standard InChI is InChI=1S/C18H23NO2/c1-5-19-18(14-8-6-7-13(2)9-14)15-10-16(20-3)12-17(11-15)21-4/h6-12,18-19H,5H2,1-4H3. The molecular weight excluding hydrogens is 262 g/mol. The molecule has 112 valence electrons. The molecule has 2 rings (SSSR count). The molecule has 0 heterocycles. The molecule has 1 atom stereocenters. The van der Waals surface area contributed by atoms with E-state index in [4.69, 9.17) is 9.47 Å². The number of hydrogen-bond donors (Lipinski definition) is 1. The van der Waals surface area contributed by atoms with E-state index in [2.05, 4.69) is 55.6 Å². The minimum absolute atomic E-state index is 0.124. The smallest absolute Gasteiger partial charge is 0.122 e. The largest absolute Gasteiger partial charge is 0.497 e. The van der Waals surface area contributed by atoms with Gasteiger partial charge in [-0.1, -0.05) is 36.8 Å². The molecule has 0 spiro atoms. The SMILES string of the molecule is CCNC(c1cccc(C)c1)c1cc(OC)cc(OC)c1. The number of nitrogens with one attached hydrogen (secondary N) is 1. The molecule has 0 saturated heterocycles. The normalized spacial score (nSPS) is 12.0. The van der Waals surface area contributed by atoms with Crippen LogP contribution in [0.5, 0.6) is 11.5 Å². The number of ether oxygens (including phenoxy) is 2. The van der Waals surface area contributed by atoms with Crippen molar-refractivity contribution in [1.82, 2.24) is 5.32 Å². The number of rotatable bonds is 6. The maximum Gasteiger partial charge on any atom is 0.122 e. The molecule has 3 nitrogen and oxygen atoms in total. The van der Waals surface area contributed by atoms with Crippen molar-refractivity contribution in [2.75, 3.05) is 20.8 Å². The molecule has 1 unspecified atom stereocenters. The first-order valence-electron chi connectivity index (χ1n) is 7.20. The van der Waals surface area contributed by atoms with Gasteiger partial charge in [0.05, 0.1) is 20.3 Å². The van der Waals surface area contributed by atoms with E-state index in [1.807, 2.05) is 6.07 Å². The van der Waals surface area contributed by atoms with Gasteiger partial charge >= 0.3 is 0 Å². The highest BCUT2D eigenvalue weighted by Crippen LogP contribution is 2.30. The van der Waals surface area contributed by atoms with Gasteiger partial charge in [-0.25, -0.2) is 0 Å². The predicted octanol–water partition coefficient (Wildman–Crippen LogP) is 3.71. The van der Waals surface area contributed by atoms with Crippen molar-refractivity contribution < 1.29 is 9.47 Å². The van der Waals surface area contributed by atoms with Crippen LogP contribution in [0.1, 0.15) is 29.7 Å². The van der Waals surface area contributed by atoms with Gasteiger partial charge in [0.1, 0.15) is 11.5 Å². The Morgan fingerprint density at radius 2 is 1.62 bits per heavy atom. The summed E-state index contributed by atoms with van der Waals surface area (Å²) in [4.78, 5) is 0. The van der Waals surface area contributed by atoms with Crippen LogP contribution in [0.4, 0.5) is 0 Å². The zero-order valence-electron chi connectivity index (χ0n) is 13.1. The van der Waals surface area contributed by atoms with Crippen molar-refractivity contribution >= 4 is 0 Å². The molecule has 0 aliphatic rings. The fraction of sp³-hybridized carbons (Fsp3) is 0.333. The molecule has 2 aromatic rings. The van der Waals surface area contributed by atoms with Gasteiger partial charge in [0.15, 0.2) is 0 Å². The molecule has 0 aliphatic heterocycles. The van der Waals surface area contributed by atoms with E-state index < -0.39 is 0 Å². The van der Waals surface area contributed by atoms with E-state index in [1.165, 1.54) is 11.1 Å². The fourth-order valence-corrected chi connectivity index (χ4v) is 2.48. The lowest BCUT2D eigenvalue weighted by molar-refractivity contribution is 0.392. The first-order chi connectivity index (χ1) is 10.2. The molecule has 0 saturated carbocycles. The van der Waals surface area contributed by atoms with Gasteiger partial charge in [-0.15, -0.1) is 0 Å². The van der Waals surface area contributed by atoms with Crippen molar-refractivity contribution in [2.24, 2.45) is 0 Å². The van der Waals surface area contributed by atoms with Crippen LogP contribution < -0.4 is 14.8 Å². The van der Waals surface area contributed by atoms with E-state index >= 15 is 0 Å². The van der Waals surface area contributed by atoms with Crippen molar-refractivity contribution in [3.05, 3.63) is 59.2 Å². The van der Waals surface area contributed by atoms with Crippen LogP contribution in [0.2, 0.25) is 0 Å². The zero-order valence-corrected chi connectivity index (χ0v) is 13.1. The Morgan fingerprint density at radius 1 is 0.952 bits per heavy atom. The summed E-state index contributed by atoms with van der Waals surface area (Å²) in [6.45, 7) is 5.11. The second-order valence-corrected chi connectivity index (χ2v) is 5.05. The van der Waals surface area contributed by atoms with Crippen LogP contribution in [0.3, 0.4) is 0 Å². The first kappa shape index (κ1) is 15.4. The molecule has 0 bridgehead atoms. The van der Waals surface area contributed by atoms with Crippen LogP contribution in [-0.2, 0) is 0 Å². The van der Waals surface area contributed by atoms with Crippen molar-refractivity contribution in [3.8, 4) is 11.5 Å². The van der Waals surface area contributed by atoms with Gasteiger partial charge in [0.25, 0.3) is 0 Å². The van der Waals surface area contributed by atoms with Gasteiger partial charge in [-0.2, -0.15) is 0 Å². The summed E-state index contributed by atoms with van der Waals surface area (Å²) in [5.41, 5.74) is 3.64. The van der Waals surface area contributed by atoms with E-state index in [-0.39, 0.29) is 6.04 Å². The third-order valence-electron chi connectivity index (χ3n) is 3.49. The third kappa shape index (κ3) is 3.76. The summed E-state index contributed by atoms with van der Waals surface area (Å²) in [6.07, 6.45) is 0. The highest BCUT2D eigenvalue weighted by atomic mass is 16.5. The van der Waals surface area contributed by atoms with Crippen molar-refractivity contribution in [2.45, 2.75) is 19.9 Å². The molecule has 0 amide bonds. The molecule has 0 aromatic heterocycles. The maximum atomic E-state index is 5.38. The number of hydrogen-bond acceptors (Lipinski definition) is 3. The summed E-state index contributed by atoms with van der Waals surface area (Å²) in [7, 11) is 3.35. The Balaban J connectivity index is 2.46. The first-order valence-corrected chi connectivity index (χ1v) is 7.20. The summed E-state index contributed by atoms with van der Waals surface area (Å²) >= 11 is 0. The highest BCUT2D eigenvalue weighted by Gasteiger charge is 2.15. The lowest BCUT2D eigenvalue weighted by Gasteiger charge is -2.21. The Labute approximate surface area is 126 Å². The number of methoxy groups -OCH3 is 2. The van der Waals surface area contributed by atoms with Crippen LogP contribution in [0.15, 0.2) is 42.5 Å². The van der Waals surface area contributed by atoms with Crippen LogP contribution in [0, 0.1) is 6.92 Å². The van der Waals surface area contributed by atoms with Gasteiger partial charge in [-0.3, -0.25) is 0 Å². The van der Waals surface area contributed by atoms with E-state index in [1.54, 1.807) is 14.2 Å². The predicted molar refractivity (Wildman–Crippen MR) is 86.2 cm³/mol. The minimum atomic E-state index is 0.124. The van der Waals surface area contributed by atoms with Gasteiger partial charge in [0.2, 0.25) is 0 Å². The van der Waals surface area contributed by atoms with E-state index in [0.29, 0.717) is 0 Å². The molecule has 0 aliphatic carbocycles. The second-order valence-electron chi connectivity index (χ2n) is 5.05. The summed E-state index contributed by atoms with van der Waals surface area (Å²) in [6, 6.07) is 14.7. The molecule has 21 heavy (non-hydrogen) atoms. The number of benzene rings is 2. The lowest BCUT2D eigenvalue weighted by Crippen LogP contribution is -2.22. The van der Waals surface area contributed by atoms with Crippen LogP contribution in [-0.4, -0.2) is 20.8 Å². The zero-order chi connectivity index (χ0) is 15.2. The summed E-state index contributed by atoms with van der Waals surface area (Å²) < 4.78 is 10.8. The lowest BCUT2D eigenvalue weighted by atomic mass is 9.97. The average Bonchev–Trinajstić information content (AvgIpc) is 2.52. The topological polar surface area (TPSA) is 30.5 Å². The monoisotopic (exact) mass is 285 g/mol. The van der Waals surface area contributed by atoms with Gasteiger partial charge < -0.3 is 14.8 Å². The molecule has 2 aromatic carbocycles. The van der Waals surface area contributed by atoms with E-state index in [9.17, 15) is 0 Å². The second kappa shape index (κ2) is 7.14. The van der Waals surface area contributed by atoms with E-state index in [0.717, 1.165) is 23.6 Å². The van der Waals surface area contributed by atoms with Crippen LogP contribution in [0.25, 0.3) is 0 Å². The maximum absolute atomic E-state index is 5.38. The highest BCUT2D eigenvalue weighted by molar-refractivity contribution is 5.43. The summed E-state index contributed by atoms with van der Waals surface area (Å²) in [5.74, 6) is 1.61. The van der Waals surface area contributed by atoms with Gasteiger partial charge in [-0.05, 0) is 36.7 Å². The Kier molecular flexibility index (Phi) is 5.23. The molecule has 0 radical (unpaired) electrons. The van der Waals surface area contributed by atoms with Crippen molar-refractivity contribution in [3.63, 3.8) is 0 Å². The Hall–Kier alpha value is -2.00. The molecule has 1 N–H and O–H groups in total. The van der Waals surface area contributed by atoms with Gasteiger partial charge in [0, 0.05) is 6.07 Å². The minimum Gasteiger partial charge on any atom is -0.497 e. The molecular formula is C18H23NO2. The average molecular weight is 285 g/mol. The third-order valence-corrected chi connectivity index (χ3v) is 3.49.